The van der Waals surface area contributed by atoms with Crippen LogP contribution in [0.15, 0.2) is 144 Å². The first kappa shape index (κ1) is 115. The topological polar surface area (TPSA) is 692 Å². The Hall–Kier alpha value is -9.35. The molecule has 12 heterocycles. The number of benzene rings is 2. The number of terminal acetylenes is 2. The molecule has 0 saturated carbocycles. The minimum Gasteiger partial charge on any atom is -0.508 e. The first-order valence-electron chi connectivity index (χ1n) is 47.1. The lowest BCUT2D eigenvalue weighted by Gasteiger charge is -2.37. The van der Waals surface area contributed by atoms with Crippen molar-refractivity contribution in [2.75, 3.05) is 110 Å². The molecule has 6 fully saturated rings. The third kappa shape index (κ3) is 36.5. The van der Waals surface area contributed by atoms with Crippen molar-refractivity contribution < 1.29 is 132 Å². The fourth-order valence-electron chi connectivity index (χ4n) is 13.9. The van der Waals surface area contributed by atoms with E-state index in [9.17, 15) is 57.7 Å². The number of hydrogen-bond acceptors (Lipinski definition) is 48. The highest BCUT2D eigenvalue weighted by Crippen LogP contribution is 2.58. The molecule has 9 N–H and O–H groups in total. The summed E-state index contributed by atoms with van der Waals surface area (Å²) in [5.74, 6) is 7.93. The normalized spacial score (nSPS) is 24.9. The van der Waals surface area contributed by atoms with E-state index >= 15 is 0 Å². The zero-order valence-corrected chi connectivity index (χ0v) is 88.2. The Morgan fingerprint density at radius 1 is 0.578 bits per heavy atom. The van der Waals surface area contributed by atoms with Crippen LogP contribution >= 0.6 is 88.9 Å². The fourth-order valence-corrected chi connectivity index (χ4v) is 26.3. The molecule has 0 amide bonds. The van der Waals surface area contributed by atoms with Gasteiger partial charge < -0.3 is 91.2 Å². The Morgan fingerprint density at radius 2 is 0.980 bits per heavy atom. The largest absolute Gasteiger partial charge is 0.508 e. The van der Waals surface area contributed by atoms with Crippen LogP contribution in [0, 0.1) is 58.7 Å². The van der Waals surface area contributed by atoms with Crippen LogP contribution in [0.5, 0.6) is 11.5 Å². The summed E-state index contributed by atoms with van der Waals surface area (Å²) < 4.78 is 184. The van der Waals surface area contributed by atoms with E-state index in [0.29, 0.717) is 46.1 Å². The van der Waals surface area contributed by atoms with E-state index in [0.717, 1.165) is 32.8 Å². The summed E-state index contributed by atoms with van der Waals surface area (Å²) >= 11 is 0. The van der Waals surface area contributed by atoms with E-state index in [4.69, 9.17) is 135 Å². The first-order chi connectivity index (χ1) is 73.5. The van der Waals surface area contributed by atoms with Crippen molar-refractivity contribution in [3.63, 3.8) is 0 Å². The van der Waals surface area contributed by atoms with Gasteiger partial charge in [-0.15, -0.1) is 17.9 Å². The van der Waals surface area contributed by atoms with Gasteiger partial charge in [0.05, 0.1) is 113 Å². The molecule has 0 bridgehead atoms. The maximum atomic E-state index is 14.3. The molecule has 0 spiro atoms. The molecule has 804 valence electrons. The second kappa shape index (κ2) is 63.7. The minimum atomic E-state index is -4.54. The lowest BCUT2D eigenvalue weighted by atomic mass is 10.1. The molecule has 147 heavy (non-hydrogen) atoms. The summed E-state index contributed by atoms with van der Waals surface area (Å²) in [5.41, 5.74) is 3.66. The van der Waals surface area contributed by atoms with Crippen LogP contribution in [-0.4, -0.2) is 297 Å². The predicted molar refractivity (Wildman–Crippen MR) is 545 cm³/mol. The van der Waals surface area contributed by atoms with E-state index in [-0.39, 0.29) is 131 Å². The molecule has 21 atom stereocenters. The number of nitrogens with zero attached hydrogens (tertiary/aromatic N) is 13. The number of phenolic OH excluding ortho intramolecular Hbond substituents is 2. The third-order valence-corrected chi connectivity index (χ3v) is 32.8. The second-order valence-corrected chi connectivity index (χ2v) is 42.8. The van der Waals surface area contributed by atoms with Gasteiger partial charge in [0.2, 0.25) is 4.29 Å². The van der Waals surface area contributed by atoms with Crippen molar-refractivity contribution in [1.29, 1.82) is 20.1 Å². The molecule has 9 unspecified atom stereocenters. The highest BCUT2D eigenvalue weighted by Gasteiger charge is 2.54. The maximum absolute atomic E-state index is 14.3. The smallest absolute Gasteiger partial charge is 0.475 e. The van der Waals surface area contributed by atoms with Gasteiger partial charge >= 0.3 is 44.0 Å². The number of aromatic amines is 3. The zero-order chi connectivity index (χ0) is 112. The van der Waals surface area contributed by atoms with Gasteiger partial charge in [-0.2, -0.15) is 15.8 Å². The number of ether oxygens (including phenoxy) is 9. The maximum Gasteiger partial charge on any atom is 0.475 e. The number of H-pyrrole nitrogens is 3. The van der Waals surface area contributed by atoms with E-state index in [1.165, 1.54) is 145 Å². The van der Waals surface area contributed by atoms with Crippen LogP contribution in [0.4, 0.5) is 5.69 Å². The summed E-state index contributed by atoms with van der Waals surface area (Å²) in [6.45, 7) is 7.19. The Bertz CT molecular complexity index is 6550. The lowest BCUT2D eigenvalue weighted by molar-refractivity contribution is -0.0572. The van der Waals surface area contributed by atoms with Gasteiger partial charge in [0, 0.05) is 158 Å². The van der Waals surface area contributed by atoms with Gasteiger partial charge in [0.1, 0.15) is 96.1 Å². The Kier molecular flexibility index (Phi) is 49.8. The number of aliphatic hydroxyl groups is 4. The van der Waals surface area contributed by atoms with Gasteiger partial charge in [0.25, 0.3) is 25.2 Å². The van der Waals surface area contributed by atoms with Gasteiger partial charge in [-0.25, -0.2) is 42.5 Å². The van der Waals surface area contributed by atoms with Crippen LogP contribution in [0.2, 0.25) is 0 Å². The number of aliphatic hydroxyl groups excluding tert-OH is 4. The monoisotopic (exact) mass is 2240 g/mol. The van der Waals surface area contributed by atoms with Crippen molar-refractivity contribution in [2.45, 2.75) is 197 Å². The van der Waals surface area contributed by atoms with Gasteiger partial charge in [-0.1, -0.05) is 86.9 Å². The van der Waals surface area contributed by atoms with Crippen molar-refractivity contribution in [3.8, 4) is 60.1 Å². The number of aromatic hydroxyl groups is 2. The molecule has 6 aromatic heterocycles. The molecular weight excluding hydrogens is 2110 g/mol. The minimum absolute atomic E-state index is 0.00202. The Morgan fingerprint density at radius 3 is 1.39 bits per heavy atom. The Balaban J connectivity index is 0.000000272. The predicted octanol–water partition coefficient (Wildman–Crippen LogP) is 8.50. The average molecular weight is 2240 g/mol. The number of phenols is 2. The fraction of sp³-hybridized carbons (Fsp3) is 0.552. The van der Waals surface area contributed by atoms with Crippen molar-refractivity contribution in [3.05, 3.63) is 191 Å². The van der Waals surface area contributed by atoms with E-state index < -0.39 is 167 Å². The molecule has 6 aliphatic heterocycles. The quantitative estimate of drug-likeness (QED) is 0.00257. The SMILES string of the molecule is C#CCO[C@@H]1CSSCC1O.[2H]C[C@H]1O[C@@H](n2ccc(=O)[nH]c2=O)[C@@H](OC)C1OP(=O)(OCCC#N)OC1CSSC[C@H]1OCC#C.[2H]C[C@H]1O[C@@H](n2ccc(=O)[nH]c2=O)[C@@H](OC)C1OP(=O)(OCCC#N)OC1CSSC[C@H]1OCc1cn(-c2cc3ccc(O)cc3oc2=O)nn1.[2H]C[C@H]1O[C@@H](n2ccc(=O)[nH]c2=O)[C@@H](OC)C1OP(OCCC#N)N(C(C)C)C(C)C.[3H]OC.[3H]OC.[3H]OC.[N-]=[N+]=Nc1cc2ccc(O)cc2oc1=O. The van der Waals surface area contributed by atoms with Crippen LogP contribution < -0.4 is 45.0 Å². The average Bonchev–Trinajstić information content (AvgIpc) is 1.65. The number of rotatable bonds is 37. The molecule has 14 rings (SSSR count). The molecule has 2 aromatic carbocycles. The molecule has 8 aromatic rings. The summed E-state index contributed by atoms with van der Waals surface area (Å²) in [6, 6.07) is 21.2. The van der Waals surface area contributed by atoms with E-state index in [1.807, 2.05) is 39.8 Å². The molecule has 0 radical (unpaired) electrons. The number of nitrogens with one attached hydrogen (secondary N) is 3. The van der Waals surface area contributed by atoms with Crippen LogP contribution in [0.1, 0.15) is 96.1 Å². The summed E-state index contributed by atoms with van der Waals surface area (Å²) in [7, 11) is 6.88. The molecule has 6 aliphatic rings. The number of azide groups is 1. The number of fused-ring (bicyclic) bond motifs is 2. The lowest BCUT2D eigenvalue weighted by Crippen LogP contribution is -2.41. The highest BCUT2D eigenvalue weighted by molar-refractivity contribution is 8.77. The number of aromatic nitrogens is 9. The van der Waals surface area contributed by atoms with Gasteiger partial charge in [0.15, 0.2) is 24.4 Å². The van der Waals surface area contributed by atoms with E-state index in [2.05, 4.69) is 73.2 Å². The number of phosphoric ester groups is 2. The second-order valence-electron chi connectivity index (χ2n) is 30.6. The summed E-state index contributed by atoms with van der Waals surface area (Å²) in [5, 5.41) is 78.1. The first-order valence-corrected chi connectivity index (χ1v) is 55.2. The molecule has 0 aliphatic carbocycles. The van der Waals surface area contributed by atoms with Crippen LogP contribution in [0.25, 0.3) is 38.1 Å². The Labute approximate surface area is 874 Å². The van der Waals surface area contributed by atoms with Gasteiger partial charge in [-0.3, -0.25) is 70.2 Å². The zero-order valence-electron chi connectivity index (χ0n) is 86.6. The van der Waals surface area contributed by atoms with Gasteiger partial charge in [-0.05, 0) is 90.3 Å². The van der Waals surface area contributed by atoms with Crippen molar-refractivity contribution in [1.82, 2.24) is 48.3 Å². The number of hydrogen-bond donors (Lipinski definition) is 9. The van der Waals surface area contributed by atoms with Crippen molar-refractivity contribution >= 4 is 117 Å². The molecular formula is C87H115N16O35P3S6. The van der Waals surface area contributed by atoms with Crippen molar-refractivity contribution in [2.24, 2.45) is 5.11 Å². The summed E-state index contributed by atoms with van der Waals surface area (Å²) in [4.78, 5) is 105. The third-order valence-electron chi connectivity index (χ3n) is 20.3. The molecule has 60 heteroatoms. The number of nitriles is 3. The number of methoxy groups -OCH3 is 3. The van der Waals surface area contributed by atoms with E-state index in [1.54, 1.807) is 50.6 Å². The standard InChI is InChI=1S/C29H31N6O12PS2.C20H26N3O9PS2.C19H31N4O6P.C9H5N3O3.C7H10O2S2.3CH4O/c1-16-25(26(41-2)27(44-16)34-8-6-24(37)31-29(34)39)47-48(40,43-9-3-7-30)46-23-15-50-49-14-22(23)42-13-18-12-35(33-32-18)20-10-17-4-5-19(36)11-21(17)45-28(20)38;1-4-9-28-14-11-34-35-12-15(14)31-33(26,29-10-5-7-21)32-17-13(2)30-19(18(17)27-3)23-8-6-16(24)22-20(23)25;1-12(2)23(13(3)4)30(27-11-7-9-20)29-16-14(5)28-18(17(16)26-6)22-10-8-15(24)21-19(22)25;10-12-11-7-3-5-1-2-6(13)4-8(5)15-9(7)14;1-2-3-9-7-5-11-10-4-6(7)8;3*1-2/h4-6,8,10-12,16,22-23,25-27,36H,3,9,13-15H2,1-2H3,(H,31,37,39);1,6,8,13-15,17-19H,5,9-12H2,2-3H3,(H,22,24,25);8,10,12-14,16-18H,7,11H2,1-6H3,(H,21,24,25);1-4,13H;1,6-8H,3-5H2;3*2H,1H3/t16-,22-,23?,25?,26+,27-,48?;13-,14-,15?,17?,18+,19-,33?;14-,16?,17+,18-,30?;;6?,7-;;;/m111.1.../s1/i1D;2D;5D;;;3*2T. The molecule has 6 saturated heterocycles. The summed E-state index contributed by atoms with van der Waals surface area (Å²) in [6.07, 6.45) is 0.708. The molecule has 51 nitrogen and oxygen atoms in total. The van der Waals surface area contributed by atoms with Crippen LogP contribution in [0.3, 0.4) is 0 Å². The number of phosphoric acid groups is 2. The van der Waals surface area contributed by atoms with Crippen LogP contribution in [-0.2, 0) is 94.6 Å². The highest BCUT2D eigenvalue weighted by atomic mass is 33.1.